The van der Waals surface area contributed by atoms with Gasteiger partial charge in [-0.25, -0.2) is 0 Å². The molecule has 16 heavy (non-hydrogen) atoms. The third kappa shape index (κ3) is 2.92. The molecule has 2 rings (SSSR count). The first kappa shape index (κ1) is 11.8. The summed E-state index contributed by atoms with van der Waals surface area (Å²) in [7, 11) is 0. The molecule has 1 saturated heterocycles. The molecule has 1 fully saturated rings. The standard InChI is InChI=1S/C13H18O2S/c14-7-8-15-13-6-2-1-5-12(13)11-4-3-9-16-10-11/h1-2,5-6,11,14H,3-4,7-10H2. The molecule has 1 N–H and O–H groups in total. The van der Waals surface area contributed by atoms with Crippen molar-refractivity contribution in [2.45, 2.75) is 18.8 Å². The fourth-order valence-corrected chi connectivity index (χ4v) is 3.26. The van der Waals surface area contributed by atoms with E-state index in [0.29, 0.717) is 12.5 Å². The van der Waals surface area contributed by atoms with Crippen LogP contribution >= 0.6 is 11.8 Å². The van der Waals surface area contributed by atoms with Crippen molar-refractivity contribution in [2.75, 3.05) is 24.7 Å². The Labute approximate surface area is 101 Å². The Hall–Kier alpha value is -0.670. The number of rotatable bonds is 4. The molecular formula is C13H18O2S. The summed E-state index contributed by atoms with van der Waals surface area (Å²) in [6.07, 6.45) is 2.55. The van der Waals surface area contributed by atoms with Crippen molar-refractivity contribution in [3.05, 3.63) is 29.8 Å². The molecule has 0 aliphatic carbocycles. The van der Waals surface area contributed by atoms with Gasteiger partial charge in [-0.15, -0.1) is 0 Å². The van der Waals surface area contributed by atoms with Crippen LogP contribution in [0, 0.1) is 0 Å². The number of hydrogen-bond acceptors (Lipinski definition) is 3. The van der Waals surface area contributed by atoms with Crippen molar-refractivity contribution in [3.63, 3.8) is 0 Å². The van der Waals surface area contributed by atoms with E-state index < -0.39 is 0 Å². The van der Waals surface area contributed by atoms with Crippen molar-refractivity contribution in [1.82, 2.24) is 0 Å². The van der Waals surface area contributed by atoms with E-state index in [9.17, 15) is 0 Å². The number of aliphatic hydroxyl groups is 1. The molecule has 1 unspecified atom stereocenters. The van der Waals surface area contributed by atoms with E-state index in [1.807, 2.05) is 23.9 Å². The van der Waals surface area contributed by atoms with Crippen molar-refractivity contribution in [1.29, 1.82) is 0 Å². The summed E-state index contributed by atoms with van der Waals surface area (Å²) in [5.74, 6) is 4.05. The molecule has 0 amide bonds. The molecule has 2 nitrogen and oxygen atoms in total. The summed E-state index contributed by atoms with van der Waals surface area (Å²) < 4.78 is 5.58. The molecule has 0 spiro atoms. The third-order valence-electron chi connectivity index (χ3n) is 2.87. The summed E-state index contributed by atoms with van der Waals surface area (Å²) in [5, 5.41) is 8.80. The van der Waals surface area contributed by atoms with Gasteiger partial charge in [0.25, 0.3) is 0 Å². The average molecular weight is 238 g/mol. The Morgan fingerprint density at radius 2 is 2.25 bits per heavy atom. The molecule has 1 aromatic rings. The molecule has 0 aromatic heterocycles. The molecule has 88 valence electrons. The van der Waals surface area contributed by atoms with Crippen LogP contribution in [-0.2, 0) is 0 Å². The second kappa shape index (κ2) is 6.16. The van der Waals surface area contributed by atoms with Gasteiger partial charge in [-0.3, -0.25) is 0 Å². The van der Waals surface area contributed by atoms with Gasteiger partial charge in [0.2, 0.25) is 0 Å². The number of para-hydroxylation sites is 1. The van der Waals surface area contributed by atoms with Crippen LogP contribution in [0.4, 0.5) is 0 Å². The maximum absolute atomic E-state index is 8.80. The fourth-order valence-electron chi connectivity index (χ4n) is 2.09. The Kier molecular flexibility index (Phi) is 4.55. The summed E-state index contributed by atoms with van der Waals surface area (Å²) >= 11 is 2.03. The highest BCUT2D eigenvalue weighted by atomic mass is 32.2. The summed E-state index contributed by atoms with van der Waals surface area (Å²) in [6, 6.07) is 8.22. The molecule has 1 atom stereocenters. The van der Waals surface area contributed by atoms with E-state index >= 15 is 0 Å². The Morgan fingerprint density at radius 3 is 3.00 bits per heavy atom. The maximum atomic E-state index is 8.80. The third-order valence-corrected chi connectivity index (χ3v) is 4.08. The van der Waals surface area contributed by atoms with Crippen molar-refractivity contribution < 1.29 is 9.84 Å². The number of aliphatic hydroxyl groups excluding tert-OH is 1. The van der Waals surface area contributed by atoms with Crippen LogP contribution in [0.2, 0.25) is 0 Å². The van der Waals surface area contributed by atoms with Crippen molar-refractivity contribution >= 4 is 11.8 Å². The molecular weight excluding hydrogens is 220 g/mol. The van der Waals surface area contributed by atoms with E-state index in [0.717, 1.165) is 5.75 Å². The number of ether oxygens (including phenoxy) is 1. The van der Waals surface area contributed by atoms with Gasteiger partial charge in [0.05, 0.1) is 6.61 Å². The van der Waals surface area contributed by atoms with Crippen LogP contribution in [0.3, 0.4) is 0 Å². The SMILES string of the molecule is OCCOc1ccccc1C1CCCSC1. The highest BCUT2D eigenvalue weighted by molar-refractivity contribution is 7.99. The minimum absolute atomic E-state index is 0.0771. The van der Waals surface area contributed by atoms with E-state index in [1.54, 1.807) is 0 Å². The van der Waals surface area contributed by atoms with Crippen LogP contribution in [0.15, 0.2) is 24.3 Å². The average Bonchev–Trinajstić information content (AvgIpc) is 2.38. The Balaban J connectivity index is 2.11. The molecule has 1 aliphatic heterocycles. The molecule has 3 heteroatoms. The maximum Gasteiger partial charge on any atom is 0.122 e. The quantitative estimate of drug-likeness (QED) is 0.874. The minimum Gasteiger partial charge on any atom is -0.491 e. The molecule has 1 aromatic carbocycles. The highest BCUT2D eigenvalue weighted by Crippen LogP contribution is 2.35. The van der Waals surface area contributed by atoms with Crippen LogP contribution < -0.4 is 4.74 Å². The van der Waals surface area contributed by atoms with Crippen LogP contribution in [-0.4, -0.2) is 29.8 Å². The van der Waals surface area contributed by atoms with E-state index in [4.69, 9.17) is 9.84 Å². The summed E-state index contributed by atoms with van der Waals surface area (Å²) in [4.78, 5) is 0. The van der Waals surface area contributed by atoms with Crippen LogP contribution in [0.25, 0.3) is 0 Å². The predicted molar refractivity (Wildman–Crippen MR) is 68.3 cm³/mol. The van der Waals surface area contributed by atoms with Gasteiger partial charge in [-0.2, -0.15) is 11.8 Å². The largest absolute Gasteiger partial charge is 0.491 e. The molecule has 0 bridgehead atoms. The Morgan fingerprint density at radius 1 is 1.38 bits per heavy atom. The van der Waals surface area contributed by atoms with Gasteiger partial charge in [0, 0.05) is 5.75 Å². The lowest BCUT2D eigenvalue weighted by molar-refractivity contribution is 0.199. The normalized spacial score (nSPS) is 20.7. The monoisotopic (exact) mass is 238 g/mol. The predicted octanol–water partition coefficient (Wildman–Crippen LogP) is 2.67. The topological polar surface area (TPSA) is 29.5 Å². The first-order chi connectivity index (χ1) is 7.92. The first-order valence-corrected chi connectivity index (χ1v) is 6.97. The van der Waals surface area contributed by atoms with Gasteiger partial charge < -0.3 is 9.84 Å². The Bertz CT molecular complexity index is 321. The lowest BCUT2D eigenvalue weighted by Crippen LogP contribution is -2.11. The summed E-state index contributed by atoms with van der Waals surface area (Å²) in [6.45, 7) is 0.463. The second-order valence-electron chi connectivity index (χ2n) is 4.02. The molecule has 1 aliphatic rings. The number of thioether (sulfide) groups is 1. The first-order valence-electron chi connectivity index (χ1n) is 5.82. The second-order valence-corrected chi connectivity index (χ2v) is 5.17. The summed E-state index contributed by atoms with van der Waals surface area (Å²) in [5.41, 5.74) is 1.31. The minimum atomic E-state index is 0.0771. The lowest BCUT2D eigenvalue weighted by Gasteiger charge is -2.23. The zero-order valence-corrected chi connectivity index (χ0v) is 10.2. The van der Waals surface area contributed by atoms with E-state index in [1.165, 1.54) is 29.9 Å². The van der Waals surface area contributed by atoms with Crippen LogP contribution in [0.1, 0.15) is 24.3 Å². The van der Waals surface area contributed by atoms with E-state index in [2.05, 4.69) is 12.1 Å². The molecule has 0 radical (unpaired) electrons. The van der Waals surface area contributed by atoms with Crippen LogP contribution in [0.5, 0.6) is 5.75 Å². The fraction of sp³-hybridized carbons (Fsp3) is 0.538. The van der Waals surface area contributed by atoms with Gasteiger partial charge in [0.1, 0.15) is 12.4 Å². The van der Waals surface area contributed by atoms with Gasteiger partial charge >= 0.3 is 0 Å². The number of hydrogen-bond donors (Lipinski definition) is 1. The number of benzene rings is 1. The molecule has 1 heterocycles. The zero-order valence-electron chi connectivity index (χ0n) is 9.39. The van der Waals surface area contributed by atoms with Gasteiger partial charge in [-0.05, 0) is 36.1 Å². The smallest absolute Gasteiger partial charge is 0.122 e. The lowest BCUT2D eigenvalue weighted by atomic mass is 9.95. The van der Waals surface area contributed by atoms with E-state index in [-0.39, 0.29) is 6.61 Å². The van der Waals surface area contributed by atoms with Crippen molar-refractivity contribution in [3.8, 4) is 5.75 Å². The molecule has 0 saturated carbocycles. The van der Waals surface area contributed by atoms with Gasteiger partial charge in [-0.1, -0.05) is 18.2 Å². The van der Waals surface area contributed by atoms with Crippen molar-refractivity contribution in [2.24, 2.45) is 0 Å². The van der Waals surface area contributed by atoms with Gasteiger partial charge in [0.15, 0.2) is 0 Å². The highest BCUT2D eigenvalue weighted by Gasteiger charge is 2.18. The zero-order chi connectivity index (χ0) is 11.2.